The van der Waals surface area contributed by atoms with E-state index in [0.29, 0.717) is 23.3 Å². The number of benzene rings is 1. The van der Waals surface area contributed by atoms with Crippen molar-refractivity contribution in [2.75, 3.05) is 26.0 Å². The van der Waals surface area contributed by atoms with Crippen LogP contribution >= 0.6 is 15.9 Å². The van der Waals surface area contributed by atoms with E-state index in [1.54, 1.807) is 18.2 Å². The monoisotopic (exact) mass is 344 g/mol. The standard InChI is InChI=1S/C13H17BrN2O4/c1-8(12(17)16-5-6-19-2)20-13(18)10-7-9(14)3-4-11(10)15/h3-4,7-8H,5-6,15H2,1-2H3,(H,16,17)/t8-/m1/s1. The van der Waals surface area contributed by atoms with Crippen molar-refractivity contribution in [3.63, 3.8) is 0 Å². The van der Waals surface area contributed by atoms with Gasteiger partial charge < -0.3 is 20.5 Å². The van der Waals surface area contributed by atoms with Crippen LogP contribution in [0.5, 0.6) is 0 Å². The number of rotatable bonds is 6. The van der Waals surface area contributed by atoms with Crippen LogP contribution in [-0.4, -0.2) is 38.2 Å². The van der Waals surface area contributed by atoms with Gasteiger partial charge in [-0.1, -0.05) is 15.9 Å². The molecule has 0 saturated heterocycles. The minimum absolute atomic E-state index is 0.218. The highest BCUT2D eigenvalue weighted by molar-refractivity contribution is 9.10. The molecule has 0 saturated carbocycles. The molecule has 3 N–H and O–H groups in total. The lowest BCUT2D eigenvalue weighted by molar-refractivity contribution is -0.129. The smallest absolute Gasteiger partial charge is 0.341 e. The maximum atomic E-state index is 11.9. The van der Waals surface area contributed by atoms with Gasteiger partial charge in [-0.05, 0) is 25.1 Å². The van der Waals surface area contributed by atoms with Gasteiger partial charge in [0.25, 0.3) is 5.91 Å². The molecule has 1 amide bonds. The first-order valence-electron chi connectivity index (χ1n) is 5.98. The van der Waals surface area contributed by atoms with Gasteiger partial charge in [-0.15, -0.1) is 0 Å². The first kappa shape index (κ1) is 16.5. The summed E-state index contributed by atoms with van der Waals surface area (Å²) >= 11 is 3.25. The Hall–Kier alpha value is -1.60. The summed E-state index contributed by atoms with van der Waals surface area (Å²) in [6.45, 7) is 2.25. The van der Waals surface area contributed by atoms with Crippen LogP contribution in [0.2, 0.25) is 0 Å². The van der Waals surface area contributed by atoms with Crippen molar-refractivity contribution in [3.8, 4) is 0 Å². The molecule has 0 bridgehead atoms. The predicted molar refractivity (Wildman–Crippen MR) is 78.3 cm³/mol. The van der Waals surface area contributed by atoms with Crippen molar-refractivity contribution in [2.24, 2.45) is 0 Å². The van der Waals surface area contributed by atoms with Crippen LogP contribution in [-0.2, 0) is 14.3 Å². The molecule has 110 valence electrons. The van der Waals surface area contributed by atoms with E-state index in [0.717, 1.165) is 0 Å². The molecular weight excluding hydrogens is 328 g/mol. The molecular formula is C13H17BrN2O4. The number of esters is 1. The lowest BCUT2D eigenvalue weighted by Crippen LogP contribution is -2.37. The van der Waals surface area contributed by atoms with Crippen molar-refractivity contribution in [3.05, 3.63) is 28.2 Å². The molecule has 7 heteroatoms. The molecule has 0 radical (unpaired) electrons. The molecule has 0 fully saturated rings. The number of carbonyl (C=O) groups is 2. The van der Waals surface area contributed by atoms with Crippen LogP contribution in [0, 0.1) is 0 Å². The van der Waals surface area contributed by atoms with Crippen LogP contribution in [0.15, 0.2) is 22.7 Å². The summed E-state index contributed by atoms with van der Waals surface area (Å²) in [6.07, 6.45) is -0.905. The summed E-state index contributed by atoms with van der Waals surface area (Å²) in [5.74, 6) is -1.03. The van der Waals surface area contributed by atoms with Crippen molar-refractivity contribution in [1.82, 2.24) is 5.32 Å². The summed E-state index contributed by atoms with van der Waals surface area (Å²) < 4.78 is 10.6. The first-order valence-corrected chi connectivity index (χ1v) is 6.77. The summed E-state index contributed by atoms with van der Waals surface area (Å²) in [7, 11) is 1.53. The molecule has 1 rings (SSSR count). The van der Waals surface area contributed by atoms with Gasteiger partial charge in [-0.2, -0.15) is 0 Å². The minimum atomic E-state index is -0.905. The number of ether oxygens (including phenoxy) is 2. The Bertz CT molecular complexity index is 493. The third-order valence-corrected chi connectivity index (χ3v) is 2.99. The van der Waals surface area contributed by atoms with Gasteiger partial charge in [-0.25, -0.2) is 4.79 Å². The highest BCUT2D eigenvalue weighted by Crippen LogP contribution is 2.19. The molecule has 0 aliphatic carbocycles. The van der Waals surface area contributed by atoms with E-state index < -0.39 is 12.1 Å². The molecule has 1 atom stereocenters. The summed E-state index contributed by atoms with van der Waals surface area (Å²) in [6, 6.07) is 4.85. The van der Waals surface area contributed by atoms with Crippen LogP contribution in [0.4, 0.5) is 5.69 Å². The number of nitrogens with one attached hydrogen (secondary N) is 1. The van der Waals surface area contributed by atoms with Gasteiger partial charge in [-0.3, -0.25) is 4.79 Å². The third kappa shape index (κ3) is 4.82. The van der Waals surface area contributed by atoms with Crippen LogP contribution in [0.3, 0.4) is 0 Å². The Morgan fingerprint density at radius 2 is 2.15 bits per heavy atom. The van der Waals surface area contributed by atoms with Gasteiger partial charge >= 0.3 is 5.97 Å². The van der Waals surface area contributed by atoms with Gasteiger partial charge in [0.15, 0.2) is 6.10 Å². The maximum Gasteiger partial charge on any atom is 0.341 e. The Morgan fingerprint density at radius 3 is 2.80 bits per heavy atom. The number of halogens is 1. The van der Waals surface area contributed by atoms with Crippen LogP contribution in [0.25, 0.3) is 0 Å². The molecule has 0 unspecified atom stereocenters. The van der Waals surface area contributed by atoms with Gasteiger partial charge in [0.05, 0.1) is 12.2 Å². The SMILES string of the molecule is COCCNC(=O)[C@@H](C)OC(=O)c1cc(Br)ccc1N. The van der Waals surface area contributed by atoms with Crippen molar-refractivity contribution < 1.29 is 19.1 Å². The van der Waals surface area contributed by atoms with Crippen LogP contribution in [0.1, 0.15) is 17.3 Å². The van der Waals surface area contributed by atoms with E-state index in [-0.39, 0.29) is 11.5 Å². The normalized spacial score (nSPS) is 11.8. The van der Waals surface area contributed by atoms with Gasteiger partial charge in [0.1, 0.15) is 0 Å². The molecule has 1 aromatic carbocycles. The average molecular weight is 345 g/mol. The lowest BCUT2D eigenvalue weighted by Gasteiger charge is -2.14. The van der Waals surface area contributed by atoms with Crippen molar-refractivity contribution >= 4 is 33.5 Å². The van der Waals surface area contributed by atoms with Crippen LogP contribution < -0.4 is 11.1 Å². The fraction of sp³-hybridized carbons (Fsp3) is 0.385. The predicted octanol–water partition coefficient (Wildman–Crippen LogP) is 1.34. The number of anilines is 1. The minimum Gasteiger partial charge on any atom is -0.449 e. The van der Waals surface area contributed by atoms with Gasteiger partial charge in [0, 0.05) is 23.8 Å². The fourth-order valence-corrected chi connectivity index (χ4v) is 1.76. The quantitative estimate of drug-likeness (QED) is 0.461. The molecule has 6 nitrogen and oxygen atoms in total. The topological polar surface area (TPSA) is 90.6 Å². The molecule has 0 aromatic heterocycles. The summed E-state index contributed by atoms with van der Waals surface area (Å²) in [5, 5.41) is 2.58. The number of carbonyl (C=O) groups excluding carboxylic acids is 2. The number of hydrogen-bond acceptors (Lipinski definition) is 5. The Labute approximate surface area is 125 Å². The Balaban J connectivity index is 2.61. The zero-order valence-corrected chi connectivity index (χ0v) is 12.9. The number of methoxy groups -OCH3 is 1. The molecule has 0 spiro atoms. The Morgan fingerprint density at radius 1 is 1.45 bits per heavy atom. The average Bonchev–Trinajstić information content (AvgIpc) is 2.41. The van der Waals surface area contributed by atoms with Gasteiger partial charge in [0.2, 0.25) is 0 Å². The van der Waals surface area contributed by atoms with E-state index in [1.807, 2.05) is 0 Å². The highest BCUT2D eigenvalue weighted by Gasteiger charge is 2.20. The molecule has 20 heavy (non-hydrogen) atoms. The number of amides is 1. The lowest BCUT2D eigenvalue weighted by atomic mass is 10.2. The molecule has 0 aliphatic heterocycles. The number of nitrogen functional groups attached to an aromatic ring is 1. The van der Waals surface area contributed by atoms with E-state index in [9.17, 15) is 9.59 Å². The summed E-state index contributed by atoms with van der Waals surface area (Å²) in [5.41, 5.74) is 6.22. The van der Waals surface area contributed by atoms with E-state index in [4.69, 9.17) is 15.2 Å². The van der Waals surface area contributed by atoms with Crippen molar-refractivity contribution in [2.45, 2.75) is 13.0 Å². The maximum absolute atomic E-state index is 11.9. The highest BCUT2D eigenvalue weighted by atomic mass is 79.9. The largest absolute Gasteiger partial charge is 0.449 e. The second-order valence-corrected chi connectivity index (χ2v) is 4.98. The molecule has 1 aromatic rings. The van der Waals surface area contributed by atoms with E-state index in [2.05, 4.69) is 21.2 Å². The van der Waals surface area contributed by atoms with E-state index >= 15 is 0 Å². The zero-order chi connectivity index (χ0) is 15.1. The molecule has 0 aliphatic rings. The first-order chi connectivity index (χ1) is 9.45. The van der Waals surface area contributed by atoms with Crippen molar-refractivity contribution in [1.29, 1.82) is 0 Å². The summed E-state index contributed by atoms with van der Waals surface area (Å²) in [4.78, 5) is 23.6. The second-order valence-electron chi connectivity index (χ2n) is 4.06. The zero-order valence-electron chi connectivity index (χ0n) is 11.3. The second kappa shape index (κ2) is 7.86. The van der Waals surface area contributed by atoms with E-state index in [1.165, 1.54) is 14.0 Å². The fourth-order valence-electron chi connectivity index (χ4n) is 1.40. The Kier molecular flexibility index (Phi) is 6.47. The number of hydrogen-bond donors (Lipinski definition) is 2. The number of nitrogens with two attached hydrogens (primary N) is 1. The molecule has 0 heterocycles. The third-order valence-electron chi connectivity index (χ3n) is 2.49.